The summed E-state index contributed by atoms with van der Waals surface area (Å²) < 4.78 is 24.6. The van der Waals surface area contributed by atoms with E-state index in [1.807, 2.05) is 37.3 Å². The van der Waals surface area contributed by atoms with E-state index in [9.17, 15) is 4.39 Å². The molecule has 0 fully saturated rings. The molecule has 0 atom stereocenters. The third-order valence-electron chi connectivity index (χ3n) is 4.87. The van der Waals surface area contributed by atoms with Crippen LogP contribution in [0.3, 0.4) is 0 Å². The van der Waals surface area contributed by atoms with Crippen molar-refractivity contribution < 1.29 is 13.9 Å². The highest BCUT2D eigenvalue weighted by atomic mass is 19.1. The van der Waals surface area contributed by atoms with Crippen molar-refractivity contribution >= 4 is 34.1 Å². The van der Waals surface area contributed by atoms with Crippen molar-refractivity contribution in [3.63, 3.8) is 0 Å². The van der Waals surface area contributed by atoms with Crippen LogP contribution in [0.2, 0.25) is 0 Å². The molecule has 2 aromatic heterocycles. The van der Waals surface area contributed by atoms with Crippen molar-refractivity contribution in [1.29, 1.82) is 0 Å². The number of aromatic nitrogens is 3. The van der Waals surface area contributed by atoms with Crippen LogP contribution in [0, 0.1) is 12.7 Å². The van der Waals surface area contributed by atoms with Crippen LogP contribution < -0.4 is 15.4 Å². The first-order valence-electron chi connectivity index (χ1n) is 10.1. The zero-order chi connectivity index (χ0) is 22.8. The van der Waals surface area contributed by atoms with Gasteiger partial charge in [0.2, 0.25) is 0 Å². The van der Waals surface area contributed by atoms with Gasteiger partial charge in [-0.2, -0.15) is 4.99 Å². The number of aliphatic imine (C=N–C) groups is 1. The van der Waals surface area contributed by atoms with Crippen LogP contribution in [-0.4, -0.2) is 27.6 Å². The summed E-state index contributed by atoms with van der Waals surface area (Å²) in [5.74, 6) is 1.13. The lowest BCUT2D eigenvalue weighted by Gasteiger charge is -2.13. The normalized spacial score (nSPS) is 12.9. The molecule has 2 aromatic carbocycles. The number of hydrogen-bond acceptors (Lipinski definition) is 8. The Morgan fingerprint density at radius 1 is 1.03 bits per heavy atom. The number of fused-ring (bicyclic) bond motifs is 1. The molecule has 33 heavy (non-hydrogen) atoms. The van der Waals surface area contributed by atoms with Crippen molar-refractivity contribution in [1.82, 2.24) is 15.0 Å². The van der Waals surface area contributed by atoms with Gasteiger partial charge in [-0.3, -0.25) is 4.98 Å². The SMILES string of the molecule is C=C1COC(Nc2ccc3ncnc(Nc4ccc(Oc5cncc(F)c5)c(C)c4)c3c2)=N1. The highest BCUT2D eigenvalue weighted by Crippen LogP contribution is 2.30. The number of aryl methyl sites for hydroxylation is 1. The first-order valence-corrected chi connectivity index (χ1v) is 10.1. The van der Waals surface area contributed by atoms with Crippen molar-refractivity contribution in [3.8, 4) is 11.5 Å². The van der Waals surface area contributed by atoms with Gasteiger partial charge in [0.05, 0.1) is 23.6 Å². The predicted molar refractivity (Wildman–Crippen MR) is 124 cm³/mol. The number of rotatable bonds is 5. The van der Waals surface area contributed by atoms with E-state index < -0.39 is 5.82 Å². The van der Waals surface area contributed by atoms with Gasteiger partial charge in [0, 0.05) is 22.8 Å². The van der Waals surface area contributed by atoms with Crippen LogP contribution in [-0.2, 0) is 4.74 Å². The maximum Gasteiger partial charge on any atom is 0.294 e. The van der Waals surface area contributed by atoms with Gasteiger partial charge in [-0.25, -0.2) is 14.4 Å². The predicted octanol–water partition coefficient (Wildman–Crippen LogP) is 5.32. The van der Waals surface area contributed by atoms with Crippen LogP contribution in [0.4, 0.5) is 21.6 Å². The standard InChI is InChI=1S/C24H19FN6O2/c1-14-7-17(4-6-22(14)33-19-8-16(25)10-26-11-19)30-23-20-9-18(3-5-21(20)27-13-28-23)31-24-29-15(2)12-32-24/h3-11,13H,2,12H2,1H3,(H,29,31)(H,27,28,30). The Morgan fingerprint density at radius 2 is 1.88 bits per heavy atom. The molecular formula is C24H19FN6O2. The maximum absolute atomic E-state index is 13.4. The summed E-state index contributed by atoms with van der Waals surface area (Å²) in [5, 5.41) is 7.29. The molecule has 3 heterocycles. The fraction of sp³-hybridized carbons (Fsp3) is 0.0833. The van der Waals surface area contributed by atoms with Crippen molar-refractivity contribution in [2.75, 3.05) is 17.2 Å². The lowest BCUT2D eigenvalue weighted by molar-refractivity contribution is 0.362. The third-order valence-corrected chi connectivity index (χ3v) is 4.87. The molecule has 0 spiro atoms. The second kappa shape index (κ2) is 8.54. The molecule has 0 radical (unpaired) electrons. The fourth-order valence-corrected chi connectivity index (χ4v) is 3.33. The molecule has 0 aliphatic carbocycles. The molecule has 5 rings (SSSR count). The van der Waals surface area contributed by atoms with Crippen LogP contribution in [0.15, 0.2) is 78.5 Å². The second-order valence-electron chi connectivity index (χ2n) is 7.40. The summed E-state index contributed by atoms with van der Waals surface area (Å²) in [6, 6.07) is 13.0. The second-order valence-corrected chi connectivity index (χ2v) is 7.40. The molecule has 164 valence electrons. The summed E-state index contributed by atoms with van der Waals surface area (Å²) in [6.07, 6.45) is 4.10. The molecule has 9 heteroatoms. The highest BCUT2D eigenvalue weighted by molar-refractivity contribution is 5.97. The van der Waals surface area contributed by atoms with Gasteiger partial charge in [0.15, 0.2) is 0 Å². The van der Waals surface area contributed by atoms with Gasteiger partial charge in [-0.05, 0) is 48.9 Å². The molecule has 1 aliphatic heterocycles. The molecule has 8 nitrogen and oxygen atoms in total. The van der Waals surface area contributed by atoms with E-state index in [0.717, 1.165) is 34.0 Å². The molecule has 1 aliphatic rings. The van der Waals surface area contributed by atoms with E-state index in [0.29, 0.717) is 35.6 Å². The molecule has 2 N–H and O–H groups in total. The molecule has 0 saturated heterocycles. The zero-order valence-corrected chi connectivity index (χ0v) is 17.7. The Kier molecular flexibility index (Phi) is 5.27. The minimum absolute atomic E-state index is 0.333. The Morgan fingerprint density at radius 3 is 2.67 bits per heavy atom. The molecule has 0 amide bonds. The number of hydrogen-bond donors (Lipinski definition) is 2. The topological polar surface area (TPSA) is 93.5 Å². The first-order chi connectivity index (χ1) is 16.0. The number of nitrogens with one attached hydrogen (secondary N) is 2. The largest absolute Gasteiger partial charge is 0.458 e. The Hall–Kier alpha value is -4.53. The number of anilines is 3. The molecular weight excluding hydrogens is 423 g/mol. The molecule has 4 aromatic rings. The van der Waals surface area contributed by atoms with Gasteiger partial charge >= 0.3 is 0 Å². The van der Waals surface area contributed by atoms with Crippen LogP contribution in [0.1, 0.15) is 5.56 Å². The number of amidine groups is 1. The third kappa shape index (κ3) is 4.57. The molecule has 0 saturated carbocycles. The lowest BCUT2D eigenvalue weighted by atomic mass is 10.1. The summed E-state index contributed by atoms with van der Waals surface area (Å²) in [4.78, 5) is 16.8. The summed E-state index contributed by atoms with van der Waals surface area (Å²) in [5.41, 5.74) is 3.92. The first kappa shape index (κ1) is 20.4. The van der Waals surface area contributed by atoms with Crippen molar-refractivity contribution in [3.05, 3.63) is 84.8 Å². The number of halogens is 1. The summed E-state index contributed by atoms with van der Waals surface area (Å²) >= 11 is 0. The fourth-order valence-electron chi connectivity index (χ4n) is 3.33. The van der Waals surface area contributed by atoms with Crippen LogP contribution in [0.25, 0.3) is 10.9 Å². The number of pyridine rings is 1. The lowest BCUT2D eigenvalue weighted by Crippen LogP contribution is -2.11. The number of benzene rings is 2. The Bertz CT molecular complexity index is 1410. The van der Waals surface area contributed by atoms with E-state index in [-0.39, 0.29) is 0 Å². The average Bonchev–Trinajstić information content (AvgIpc) is 3.20. The zero-order valence-electron chi connectivity index (χ0n) is 17.7. The van der Waals surface area contributed by atoms with E-state index in [2.05, 4.69) is 37.2 Å². The van der Waals surface area contributed by atoms with Gasteiger partial charge < -0.3 is 20.1 Å². The maximum atomic E-state index is 13.4. The van der Waals surface area contributed by atoms with Gasteiger partial charge in [-0.1, -0.05) is 6.58 Å². The van der Waals surface area contributed by atoms with Gasteiger partial charge in [0.25, 0.3) is 6.02 Å². The molecule has 0 bridgehead atoms. The van der Waals surface area contributed by atoms with Crippen molar-refractivity contribution in [2.24, 2.45) is 4.99 Å². The summed E-state index contributed by atoms with van der Waals surface area (Å²) in [7, 11) is 0. The van der Waals surface area contributed by atoms with Crippen LogP contribution >= 0.6 is 0 Å². The summed E-state index contributed by atoms with van der Waals surface area (Å²) in [6.45, 7) is 6.07. The molecule has 0 unspecified atom stereocenters. The highest BCUT2D eigenvalue weighted by Gasteiger charge is 2.12. The average molecular weight is 442 g/mol. The number of nitrogens with zero attached hydrogens (tertiary/aromatic N) is 4. The van der Waals surface area contributed by atoms with Gasteiger partial charge in [0.1, 0.15) is 36.1 Å². The Balaban J connectivity index is 1.39. The van der Waals surface area contributed by atoms with E-state index in [1.165, 1.54) is 18.6 Å². The minimum atomic E-state index is -0.454. The van der Waals surface area contributed by atoms with Crippen molar-refractivity contribution in [2.45, 2.75) is 6.92 Å². The monoisotopic (exact) mass is 442 g/mol. The van der Waals surface area contributed by atoms with Gasteiger partial charge in [-0.15, -0.1) is 0 Å². The van der Waals surface area contributed by atoms with E-state index >= 15 is 0 Å². The quantitative estimate of drug-likeness (QED) is 0.432. The number of ether oxygens (including phenoxy) is 2. The smallest absolute Gasteiger partial charge is 0.294 e. The van der Waals surface area contributed by atoms with E-state index in [4.69, 9.17) is 9.47 Å². The van der Waals surface area contributed by atoms with E-state index in [1.54, 1.807) is 6.07 Å². The Labute approximate surface area is 188 Å². The minimum Gasteiger partial charge on any atom is -0.458 e. The van der Waals surface area contributed by atoms with Crippen LogP contribution in [0.5, 0.6) is 11.5 Å².